The van der Waals surface area contributed by atoms with Crippen LogP contribution < -0.4 is 0 Å². The van der Waals surface area contributed by atoms with Crippen molar-refractivity contribution in [1.29, 1.82) is 0 Å². The summed E-state index contributed by atoms with van der Waals surface area (Å²) in [6.07, 6.45) is -2.49. The average Bonchev–Trinajstić information content (AvgIpc) is 2.59. The third-order valence-corrected chi connectivity index (χ3v) is 2.05. The molecule has 0 spiro atoms. The Balaban J connectivity index is 3.05. The summed E-state index contributed by atoms with van der Waals surface area (Å²) in [4.78, 5) is 15.1. The van der Waals surface area contributed by atoms with Gasteiger partial charge in [-0.15, -0.1) is 0 Å². The maximum atomic E-state index is 12.7. The van der Waals surface area contributed by atoms with Crippen molar-refractivity contribution in [3.8, 4) is 0 Å². The first-order valence-electron chi connectivity index (χ1n) is 5.69. The van der Waals surface area contributed by atoms with Crippen molar-refractivity contribution in [2.75, 3.05) is 6.61 Å². The van der Waals surface area contributed by atoms with Gasteiger partial charge in [0.05, 0.1) is 6.61 Å². The number of rotatable bonds is 4. The molecular formula is C12H17F2NO3. The van der Waals surface area contributed by atoms with E-state index in [1.54, 1.807) is 6.92 Å². The van der Waals surface area contributed by atoms with Crippen LogP contribution in [0.3, 0.4) is 0 Å². The minimum Gasteiger partial charge on any atom is -0.460 e. The van der Waals surface area contributed by atoms with Gasteiger partial charge in [0.15, 0.2) is 11.6 Å². The highest BCUT2D eigenvalue weighted by atomic mass is 19.3. The highest BCUT2D eigenvalue weighted by Crippen LogP contribution is 2.27. The topological polar surface area (TPSA) is 52.3 Å². The van der Waals surface area contributed by atoms with Crippen molar-refractivity contribution in [2.45, 2.75) is 40.5 Å². The van der Waals surface area contributed by atoms with Gasteiger partial charge in [0, 0.05) is 6.42 Å². The molecule has 1 aromatic heterocycles. The molecule has 0 fully saturated rings. The van der Waals surface area contributed by atoms with Crippen LogP contribution in [-0.2, 0) is 11.2 Å². The van der Waals surface area contributed by atoms with E-state index in [1.807, 2.05) is 20.8 Å². The van der Waals surface area contributed by atoms with E-state index >= 15 is 0 Å². The Bertz CT molecular complexity index is 421. The van der Waals surface area contributed by atoms with Gasteiger partial charge in [-0.05, 0) is 12.3 Å². The van der Waals surface area contributed by atoms with Crippen LogP contribution in [0.4, 0.5) is 8.78 Å². The quantitative estimate of drug-likeness (QED) is 0.780. The summed E-state index contributed by atoms with van der Waals surface area (Å²) in [6, 6.07) is 0. The molecule has 0 N–H and O–H groups in total. The number of carbonyl (C=O) groups excluding carboxylic acids is 1. The summed E-state index contributed by atoms with van der Waals surface area (Å²) >= 11 is 0. The van der Waals surface area contributed by atoms with Crippen LogP contribution in [0.2, 0.25) is 0 Å². The first kappa shape index (κ1) is 14.6. The Morgan fingerprint density at radius 2 is 2.06 bits per heavy atom. The largest absolute Gasteiger partial charge is 0.460 e. The molecule has 102 valence electrons. The lowest BCUT2D eigenvalue weighted by Crippen LogP contribution is -2.09. The number of halogens is 2. The molecule has 0 aliphatic rings. The van der Waals surface area contributed by atoms with Gasteiger partial charge in [-0.1, -0.05) is 20.8 Å². The van der Waals surface area contributed by atoms with E-state index in [2.05, 4.69) is 9.72 Å². The van der Waals surface area contributed by atoms with Crippen LogP contribution in [-0.4, -0.2) is 17.6 Å². The predicted octanol–water partition coefficient (Wildman–Crippen LogP) is 3.38. The molecule has 0 aromatic carbocycles. The third-order valence-electron chi connectivity index (χ3n) is 2.05. The molecule has 1 aromatic rings. The summed E-state index contributed by atoms with van der Waals surface area (Å²) in [5, 5.41) is 0. The highest BCUT2D eigenvalue weighted by Gasteiger charge is 2.28. The molecule has 0 radical (unpaired) electrons. The molecule has 0 saturated heterocycles. The van der Waals surface area contributed by atoms with Gasteiger partial charge in [-0.3, -0.25) is 0 Å². The summed E-state index contributed by atoms with van der Waals surface area (Å²) in [5.41, 5.74) is -0.816. The minimum absolute atomic E-state index is 0.0941. The summed E-state index contributed by atoms with van der Waals surface area (Å²) in [5.74, 6) is -1.27. The SMILES string of the molecule is CCOC(=O)c1oc(CC(C)(C)C)nc1C(F)F. The minimum atomic E-state index is -2.86. The molecule has 0 aliphatic heterocycles. The molecule has 1 heterocycles. The fourth-order valence-corrected chi connectivity index (χ4v) is 1.40. The van der Waals surface area contributed by atoms with Gasteiger partial charge < -0.3 is 9.15 Å². The molecule has 0 atom stereocenters. The molecule has 1 rings (SSSR count). The fourth-order valence-electron chi connectivity index (χ4n) is 1.40. The van der Waals surface area contributed by atoms with E-state index < -0.39 is 23.8 Å². The molecule has 6 heteroatoms. The van der Waals surface area contributed by atoms with E-state index in [1.165, 1.54) is 0 Å². The number of alkyl halides is 2. The van der Waals surface area contributed by atoms with Crippen molar-refractivity contribution in [1.82, 2.24) is 4.98 Å². The van der Waals surface area contributed by atoms with Crippen molar-refractivity contribution >= 4 is 5.97 Å². The number of hydrogen-bond donors (Lipinski definition) is 0. The zero-order valence-corrected chi connectivity index (χ0v) is 10.9. The number of ether oxygens (including phenoxy) is 1. The lowest BCUT2D eigenvalue weighted by molar-refractivity contribution is 0.0473. The van der Waals surface area contributed by atoms with Gasteiger partial charge >= 0.3 is 5.97 Å². The molecule has 4 nitrogen and oxygen atoms in total. The molecule has 0 bridgehead atoms. The maximum absolute atomic E-state index is 12.7. The zero-order chi connectivity index (χ0) is 13.9. The molecule has 18 heavy (non-hydrogen) atoms. The van der Waals surface area contributed by atoms with Gasteiger partial charge in [0.25, 0.3) is 6.43 Å². The average molecular weight is 261 g/mol. The Hall–Kier alpha value is -1.46. The van der Waals surface area contributed by atoms with Crippen molar-refractivity contribution in [3.63, 3.8) is 0 Å². The monoisotopic (exact) mass is 261 g/mol. The standard InChI is InChI=1S/C12H17F2NO3/c1-5-17-11(16)9-8(10(13)14)15-7(18-9)6-12(2,3)4/h10H,5-6H2,1-4H3. The second-order valence-electron chi connectivity index (χ2n) is 5.08. The molecule has 0 unspecified atom stereocenters. The van der Waals surface area contributed by atoms with Crippen LogP contribution >= 0.6 is 0 Å². The van der Waals surface area contributed by atoms with Crippen LogP contribution in [0.15, 0.2) is 4.42 Å². The van der Waals surface area contributed by atoms with Gasteiger partial charge in [-0.2, -0.15) is 0 Å². The molecule has 0 amide bonds. The van der Waals surface area contributed by atoms with Gasteiger partial charge in [0.2, 0.25) is 5.76 Å². The summed E-state index contributed by atoms with van der Waals surface area (Å²) in [6.45, 7) is 7.44. The van der Waals surface area contributed by atoms with Crippen molar-refractivity contribution < 1.29 is 22.7 Å². The maximum Gasteiger partial charge on any atom is 0.376 e. The van der Waals surface area contributed by atoms with Gasteiger partial charge in [-0.25, -0.2) is 18.6 Å². The van der Waals surface area contributed by atoms with Crippen LogP contribution in [0.25, 0.3) is 0 Å². The Kier molecular flexibility index (Phi) is 4.43. The first-order valence-corrected chi connectivity index (χ1v) is 5.69. The van der Waals surface area contributed by atoms with E-state index in [0.29, 0.717) is 6.42 Å². The Morgan fingerprint density at radius 1 is 1.44 bits per heavy atom. The van der Waals surface area contributed by atoms with E-state index in [0.717, 1.165) is 0 Å². The number of carbonyl (C=O) groups is 1. The lowest BCUT2D eigenvalue weighted by Gasteiger charge is -2.14. The molecular weight excluding hydrogens is 244 g/mol. The van der Waals surface area contributed by atoms with Crippen molar-refractivity contribution in [2.24, 2.45) is 5.41 Å². The smallest absolute Gasteiger partial charge is 0.376 e. The van der Waals surface area contributed by atoms with Crippen LogP contribution in [0.5, 0.6) is 0 Å². The summed E-state index contributed by atoms with van der Waals surface area (Å²) < 4.78 is 35.2. The van der Waals surface area contributed by atoms with Crippen LogP contribution in [0, 0.1) is 5.41 Å². The van der Waals surface area contributed by atoms with E-state index in [9.17, 15) is 13.6 Å². The number of nitrogens with zero attached hydrogens (tertiary/aromatic N) is 1. The normalized spacial score (nSPS) is 11.9. The lowest BCUT2D eigenvalue weighted by atomic mass is 9.92. The van der Waals surface area contributed by atoms with E-state index in [-0.39, 0.29) is 17.9 Å². The number of oxazole rings is 1. The second kappa shape index (κ2) is 5.46. The first-order chi connectivity index (χ1) is 8.24. The number of esters is 1. The number of aromatic nitrogens is 1. The van der Waals surface area contributed by atoms with Crippen LogP contribution in [0.1, 0.15) is 56.3 Å². The Labute approximate surface area is 104 Å². The van der Waals surface area contributed by atoms with Gasteiger partial charge in [0.1, 0.15) is 0 Å². The molecule has 0 saturated carbocycles. The third kappa shape index (κ3) is 3.78. The number of hydrogen-bond acceptors (Lipinski definition) is 4. The predicted molar refractivity (Wildman–Crippen MR) is 60.6 cm³/mol. The fraction of sp³-hybridized carbons (Fsp3) is 0.667. The molecule has 0 aliphatic carbocycles. The zero-order valence-electron chi connectivity index (χ0n) is 10.9. The summed E-state index contributed by atoms with van der Waals surface area (Å²) in [7, 11) is 0. The second-order valence-corrected chi connectivity index (χ2v) is 5.08. The van der Waals surface area contributed by atoms with E-state index in [4.69, 9.17) is 4.42 Å². The Morgan fingerprint density at radius 3 is 2.50 bits per heavy atom. The highest BCUT2D eigenvalue weighted by molar-refractivity contribution is 5.87. The van der Waals surface area contributed by atoms with Crippen molar-refractivity contribution in [3.05, 3.63) is 17.3 Å².